The highest BCUT2D eigenvalue weighted by atomic mass is 16.5. The molecule has 0 aliphatic heterocycles. The third-order valence-corrected chi connectivity index (χ3v) is 5.96. The molecule has 0 bridgehead atoms. The van der Waals surface area contributed by atoms with E-state index in [1.165, 1.54) is 6.92 Å². The summed E-state index contributed by atoms with van der Waals surface area (Å²) >= 11 is 0. The molecule has 0 spiro atoms. The summed E-state index contributed by atoms with van der Waals surface area (Å²) in [4.78, 5) is 12.0. The lowest BCUT2D eigenvalue weighted by atomic mass is 9.98. The molecule has 8 heteroatoms. The fourth-order valence-corrected chi connectivity index (χ4v) is 4.03. The summed E-state index contributed by atoms with van der Waals surface area (Å²) in [7, 11) is 0. The van der Waals surface area contributed by atoms with Crippen molar-refractivity contribution >= 4 is 11.6 Å². The first-order chi connectivity index (χ1) is 17.9. The minimum absolute atomic E-state index is 0.0683. The molecule has 0 amide bonds. The number of nitrogens with two attached hydrogens (primary N) is 1. The number of aliphatic hydroxyl groups is 1. The van der Waals surface area contributed by atoms with Crippen molar-refractivity contribution in [3.05, 3.63) is 119 Å². The molecule has 0 aliphatic carbocycles. The van der Waals surface area contributed by atoms with Crippen LogP contribution in [0.3, 0.4) is 0 Å². The van der Waals surface area contributed by atoms with E-state index < -0.39 is 6.10 Å². The van der Waals surface area contributed by atoms with Gasteiger partial charge in [0, 0.05) is 5.56 Å². The van der Waals surface area contributed by atoms with Gasteiger partial charge in [-0.3, -0.25) is 4.79 Å². The maximum Gasteiger partial charge on any atom is 0.199 e. The van der Waals surface area contributed by atoms with Crippen molar-refractivity contribution in [2.45, 2.75) is 19.6 Å². The molecule has 37 heavy (non-hydrogen) atoms. The molecule has 5 N–H and O–H groups in total. The zero-order valence-corrected chi connectivity index (χ0v) is 20.1. The number of ether oxygens (including phenoxy) is 1. The van der Waals surface area contributed by atoms with Crippen LogP contribution in [-0.4, -0.2) is 21.8 Å². The van der Waals surface area contributed by atoms with Crippen LogP contribution in [0.15, 0.2) is 101 Å². The van der Waals surface area contributed by atoms with Gasteiger partial charge in [-0.1, -0.05) is 72.8 Å². The molecule has 1 atom stereocenters. The highest BCUT2D eigenvalue weighted by Crippen LogP contribution is 2.40. The quantitative estimate of drug-likeness (QED) is 0.0632. The third-order valence-electron chi connectivity index (χ3n) is 5.96. The standard InChI is InChI=1S/C29H26N4O4/c1-18(34)24-14-15-25(26(28(24)36)20-6-3-2-4-7-20)37-17-19-10-12-21(13-11-19)27(35)22-8-5-9-23(16-22)29(32-30)33-31/h2-16,27,30,35-36H,17,31H2,1H3. The number of nitrogens with zero attached hydrogens (tertiary/aromatic N) is 2. The van der Waals surface area contributed by atoms with Crippen LogP contribution in [0.2, 0.25) is 0 Å². The average Bonchev–Trinajstić information content (AvgIpc) is 2.93. The van der Waals surface area contributed by atoms with Gasteiger partial charge in [-0.25, -0.2) is 5.53 Å². The highest BCUT2D eigenvalue weighted by Gasteiger charge is 2.18. The van der Waals surface area contributed by atoms with E-state index in [4.69, 9.17) is 16.1 Å². The monoisotopic (exact) mass is 494 g/mol. The number of amidine groups is 1. The number of Topliss-reactive ketones (excluding diaryl/α,β-unsaturated/α-hetero) is 1. The van der Waals surface area contributed by atoms with Gasteiger partial charge >= 0.3 is 0 Å². The highest BCUT2D eigenvalue weighted by molar-refractivity contribution is 6.00. The second-order valence-corrected chi connectivity index (χ2v) is 8.38. The number of phenols is 1. The van der Waals surface area contributed by atoms with Crippen molar-refractivity contribution in [3.8, 4) is 22.6 Å². The Morgan fingerprint density at radius 1 is 0.973 bits per heavy atom. The summed E-state index contributed by atoms with van der Waals surface area (Å²) in [6, 6.07) is 26.7. The van der Waals surface area contributed by atoms with E-state index in [0.717, 1.165) is 11.1 Å². The summed E-state index contributed by atoms with van der Waals surface area (Å²) < 4.78 is 6.06. The maximum atomic E-state index is 12.0. The molecule has 0 aliphatic rings. The number of aromatic hydroxyl groups is 1. The molecule has 4 rings (SSSR count). The fraction of sp³-hybridized carbons (Fsp3) is 0.103. The van der Waals surface area contributed by atoms with Crippen LogP contribution in [0.4, 0.5) is 0 Å². The number of benzene rings is 4. The lowest BCUT2D eigenvalue weighted by molar-refractivity contribution is 0.101. The normalized spacial score (nSPS) is 12.1. The number of carbonyl (C=O) groups excluding carboxylic acids is 1. The first-order valence-electron chi connectivity index (χ1n) is 11.5. The average molecular weight is 495 g/mol. The lowest BCUT2D eigenvalue weighted by Gasteiger charge is -2.16. The van der Waals surface area contributed by atoms with Crippen LogP contribution in [0.5, 0.6) is 11.5 Å². The van der Waals surface area contributed by atoms with Gasteiger partial charge < -0.3 is 20.8 Å². The van der Waals surface area contributed by atoms with Crippen molar-refractivity contribution in [2.75, 3.05) is 0 Å². The second kappa shape index (κ2) is 11.3. The van der Waals surface area contributed by atoms with Gasteiger partial charge in [0.05, 0.1) is 11.1 Å². The van der Waals surface area contributed by atoms with Crippen LogP contribution in [0.1, 0.15) is 45.6 Å². The van der Waals surface area contributed by atoms with Gasteiger partial charge in [-0.15, -0.1) is 5.11 Å². The molecule has 186 valence electrons. The zero-order valence-electron chi connectivity index (χ0n) is 20.1. The molecule has 0 fully saturated rings. The summed E-state index contributed by atoms with van der Waals surface area (Å²) in [5.41, 5.74) is 11.3. The number of hydrogen-bond donors (Lipinski definition) is 4. The van der Waals surface area contributed by atoms with Gasteiger partial charge in [-0.05, 0) is 47.4 Å². The van der Waals surface area contributed by atoms with Crippen molar-refractivity contribution in [2.24, 2.45) is 16.1 Å². The van der Waals surface area contributed by atoms with Crippen molar-refractivity contribution in [3.63, 3.8) is 0 Å². The Hall–Kier alpha value is -4.82. The van der Waals surface area contributed by atoms with Crippen LogP contribution in [0.25, 0.3) is 11.1 Å². The number of carbonyl (C=O) groups is 1. The van der Waals surface area contributed by atoms with Crippen molar-refractivity contribution in [1.29, 1.82) is 5.53 Å². The summed E-state index contributed by atoms with van der Waals surface area (Å²) in [5.74, 6) is 5.45. The van der Waals surface area contributed by atoms with E-state index in [1.807, 2.05) is 42.5 Å². The number of rotatable bonds is 8. The third kappa shape index (κ3) is 5.55. The molecule has 1 unspecified atom stereocenters. The van der Waals surface area contributed by atoms with Crippen LogP contribution >= 0.6 is 0 Å². The number of hydrogen-bond acceptors (Lipinski definition) is 7. The Morgan fingerprint density at radius 2 is 1.70 bits per heavy atom. The fourth-order valence-electron chi connectivity index (χ4n) is 4.03. The maximum absolute atomic E-state index is 12.0. The molecule has 0 saturated heterocycles. The Labute approximate surface area is 214 Å². The van der Waals surface area contributed by atoms with Gasteiger partial charge in [-0.2, -0.15) is 5.10 Å². The summed E-state index contributed by atoms with van der Waals surface area (Å²) in [6.07, 6.45) is -0.902. The van der Waals surface area contributed by atoms with E-state index in [-0.39, 0.29) is 29.5 Å². The molecular formula is C29H26N4O4. The van der Waals surface area contributed by atoms with E-state index in [1.54, 1.807) is 48.5 Å². The summed E-state index contributed by atoms with van der Waals surface area (Å²) in [5, 5.41) is 28.5. The molecule has 0 saturated carbocycles. The predicted molar refractivity (Wildman–Crippen MR) is 141 cm³/mol. The Bertz CT molecular complexity index is 1450. The lowest BCUT2D eigenvalue weighted by Crippen LogP contribution is -2.05. The van der Waals surface area contributed by atoms with Crippen molar-refractivity contribution in [1.82, 2.24) is 0 Å². The van der Waals surface area contributed by atoms with Gasteiger partial charge in [0.25, 0.3) is 0 Å². The second-order valence-electron chi connectivity index (χ2n) is 8.38. The first kappa shape index (κ1) is 25.3. The Kier molecular flexibility index (Phi) is 7.71. The topological polar surface area (TPSA) is 141 Å². The number of nitrogens with one attached hydrogen (secondary N) is 1. The number of ketones is 1. The smallest absolute Gasteiger partial charge is 0.199 e. The van der Waals surface area contributed by atoms with E-state index in [9.17, 15) is 15.0 Å². The first-order valence-corrected chi connectivity index (χ1v) is 11.5. The SMILES string of the molecule is CC(=O)c1ccc(OCc2ccc(C(O)c3cccc(C(N=N)=NN)c3)cc2)c(-c2ccccc2)c1O. The van der Waals surface area contributed by atoms with Crippen LogP contribution < -0.4 is 10.6 Å². The molecule has 0 heterocycles. The van der Waals surface area contributed by atoms with Crippen molar-refractivity contribution < 1.29 is 19.7 Å². The van der Waals surface area contributed by atoms with Crippen LogP contribution in [-0.2, 0) is 6.61 Å². The zero-order chi connectivity index (χ0) is 26.4. The van der Waals surface area contributed by atoms with Gasteiger partial charge in [0.1, 0.15) is 24.2 Å². The largest absolute Gasteiger partial charge is 0.506 e. The minimum atomic E-state index is -0.902. The van der Waals surface area contributed by atoms with Crippen LogP contribution in [0, 0.1) is 5.53 Å². The molecule has 4 aromatic carbocycles. The predicted octanol–water partition coefficient (Wildman–Crippen LogP) is 5.57. The minimum Gasteiger partial charge on any atom is -0.506 e. The molecule has 4 aromatic rings. The molecule has 0 aromatic heterocycles. The molecule has 0 radical (unpaired) electrons. The Morgan fingerprint density at radius 3 is 2.35 bits per heavy atom. The van der Waals surface area contributed by atoms with E-state index in [0.29, 0.717) is 28.0 Å². The molecule has 8 nitrogen and oxygen atoms in total. The Balaban J connectivity index is 1.54. The number of hydrazone groups is 1. The number of phenolic OH excluding ortho intramolecular Hbond substituents is 1. The number of aliphatic hydroxyl groups excluding tert-OH is 1. The summed E-state index contributed by atoms with van der Waals surface area (Å²) in [6.45, 7) is 1.62. The van der Waals surface area contributed by atoms with E-state index >= 15 is 0 Å². The van der Waals surface area contributed by atoms with E-state index in [2.05, 4.69) is 10.2 Å². The molecular weight excluding hydrogens is 468 g/mol. The van der Waals surface area contributed by atoms with Gasteiger partial charge in [0.2, 0.25) is 0 Å². The van der Waals surface area contributed by atoms with Gasteiger partial charge in [0.15, 0.2) is 11.6 Å².